The van der Waals surface area contributed by atoms with E-state index in [-0.39, 0.29) is 17.7 Å². The van der Waals surface area contributed by atoms with Crippen LogP contribution in [0, 0.1) is 17.8 Å². The van der Waals surface area contributed by atoms with Gasteiger partial charge in [0.05, 0.1) is 0 Å². The summed E-state index contributed by atoms with van der Waals surface area (Å²) in [5.41, 5.74) is -1.04. The molecule has 1 amide bonds. The lowest BCUT2D eigenvalue weighted by Gasteiger charge is -2.38. The maximum absolute atomic E-state index is 12.1. The Morgan fingerprint density at radius 2 is 1.79 bits per heavy atom. The maximum Gasteiger partial charge on any atom is 0.329 e. The van der Waals surface area contributed by atoms with Crippen LogP contribution in [-0.4, -0.2) is 22.5 Å². The predicted molar refractivity (Wildman–Crippen MR) is 74.8 cm³/mol. The van der Waals surface area contributed by atoms with E-state index in [9.17, 15) is 14.7 Å². The summed E-state index contributed by atoms with van der Waals surface area (Å²) in [6, 6.07) is 0. The van der Waals surface area contributed by atoms with Crippen LogP contribution in [0.15, 0.2) is 0 Å². The first kappa shape index (κ1) is 16.0. The van der Waals surface area contributed by atoms with Crippen molar-refractivity contribution in [3.63, 3.8) is 0 Å². The Balaban J connectivity index is 2.74. The molecule has 1 atom stereocenters. The molecule has 2 N–H and O–H groups in total. The fourth-order valence-electron chi connectivity index (χ4n) is 2.62. The molecule has 19 heavy (non-hydrogen) atoms. The molecule has 0 radical (unpaired) electrons. The minimum atomic E-state index is -1.04. The van der Waals surface area contributed by atoms with Crippen molar-refractivity contribution >= 4 is 11.9 Å². The molecule has 0 aromatic rings. The number of nitrogens with one attached hydrogen (secondary N) is 1. The van der Waals surface area contributed by atoms with E-state index in [0.29, 0.717) is 18.8 Å². The normalized spacial score (nSPS) is 29.0. The lowest BCUT2D eigenvalue weighted by Crippen LogP contribution is -2.57. The Kier molecular flexibility index (Phi) is 5.39. The number of hydrogen-bond donors (Lipinski definition) is 2. The zero-order valence-electron chi connectivity index (χ0n) is 12.5. The molecule has 1 aliphatic rings. The Bertz CT molecular complexity index is 330. The quantitative estimate of drug-likeness (QED) is 0.806. The van der Waals surface area contributed by atoms with E-state index in [2.05, 4.69) is 12.2 Å². The summed E-state index contributed by atoms with van der Waals surface area (Å²) in [6.45, 7) is 7.95. The van der Waals surface area contributed by atoms with Crippen molar-refractivity contribution in [2.75, 3.05) is 0 Å². The van der Waals surface area contributed by atoms with Crippen LogP contribution in [0.2, 0.25) is 0 Å². The second-order valence-corrected chi connectivity index (χ2v) is 6.26. The van der Waals surface area contributed by atoms with Crippen molar-refractivity contribution in [3.05, 3.63) is 0 Å². The molecule has 1 saturated carbocycles. The average molecular weight is 269 g/mol. The molecule has 4 heteroatoms. The Hall–Kier alpha value is -1.06. The molecule has 1 unspecified atom stereocenters. The minimum Gasteiger partial charge on any atom is -0.480 e. The first-order chi connectivity index (χ1) is 8.82. The number of carboxylic acids is 1. The van der Waals surface area contributed by atoms with Crippen LogP contribution >= 0.6 is 0 Å². The van der Waals surface area contributed by atoms with Gasteiger partial charge in [-0.2, -0.15) is 0 Å². The van der Waals surface area contributed by atoms with Gasteiger partial charge < -0.3 is 10.4 Å². The molecular formula is C15H27NO3. The second kappa shape index (κ2) is 6.40. The van der Waals surface area contributed by atoms with Crippen LogP contribution in [0.25, 0.3) is 0 Å². The van der Waals surface area contributed by atoms with Gasteiger partial charge in [-0.15, -0.1) is 0 Å². The van der Waals surface area contributed by atoms with E-state index in [1.807, 2.05) is 20.8 Å². The largest absolute Gasteiger partial charge is 0.480 e. The molecule has 0 aliphatic heterocycles. The van der Waals surface area contributed by atoms with Crippen molar-refractivity contribution in [1.29, 1.82) is 0 Å². The molecule has 1 fully saturated rings. The average Bonchev–Trinajstić information content (AvgIpc) is 2.38. The lowest BCUT2D eigenvalue weighted by molar-refractivity contribution is -0.150. The third-order valence-electron chi connectivity index (χ3n) is 4.72. The number of carboxylic acid groups (broad SMARTS) is 1. The molecule has 0 bridgehead atoms. The summed E-state index contributed by atoms with van der Waals surface area (Å²) in [7, 11) is 0. The van der Waals surface area contributed by atoms with E-state index in [4.69, 9.17) is 0 Å². The van der Waals surface area contributed by atoms with Crippen molar-refractivity contribution in [2.24, 2.45) is 17.8 Å². The number of aliphatic carboxylic acids is 1. The van der Waals surface area contributed by atoms with Gasteiger partial charge in [-0.05, 0) is 37.5 Å². The van der Waals surface area contributed by atoms with Crippen molar-refractivity contribution in [2.45, 2.75) is 65.3 Å². The smallest absolute Gasteiger partial charge is 0.329 e. The third kappa shape index (κ3) is 3.71. The Morgan fingerprint density at radius 1 is 1.26 bits per heavy atom. The first-order valence-corrected chi connectivity index (χ1v) is 7.37. The van der Waals surface area contributed by atoms with Gasteiger partial charge in [0.15, 0.2) is 0 Å². The SMILES string of the molecule is CCC1CCC(NC(=O)C(C)C(C)C)(C(=O)O)CC1. The van der Waals surface area contributed by atoms with Crippen LogP contribution in [0.1, 0.15) is 59.8 Å². The zero-order chi connectivity index (χ0) is 14.6. The zero-order valence-corrected chi connectivity index (χ0v) is 12.5. The highest BCUT2D eigenvalue weighted by Crippen LogP contribution is 2.34. The van der Waals surface area contributed by atoms with Gasteiger partial charge in [-0.25, -0.2) is 4.79 Å². The molecule has 1 rings (SSSR count). The van der Waals surface area contributed by atoms with Crippen LogP contribution in [0.4, 0.5) is 0 Å². The molecule has 0 aromatic heterocycles. The summed E-state index contributed by atoms with van der Waals surface area (Å²) in [5.74, 6) is -0.344. The summed E-state index contributed by atoms with van der Waals surface area (Å²) < 4.78 is 0. The highest BCUT2D eigenvalue weighted by molar-refractivity contribution is 5.88. The Labute approximate surface area is 116 Å². The van der Waals surface area contributed by atoms with E-state index >= 15 is 0 Å². The maximum atomic E-state index is 12.1. The van der Waals surface area contributed by atoms with Crippen molar-refractivity contribution in [3.8, 4) is 0 Å². The standard InChI is InChI=1S/C15H27NO3/c1-5-12-6-8-15(9-7-12,14(18)19)16-13(17)11(4)10(2)3/h10-12H,5-9H2,1-4H3,(H,16,17)(H,18,19). The first-order valence-electron chi connectivity index (χ1n) is 7.37. The van der Waals surface area contributed by atoms with E-state index < -0.39 is 11.5 Å². The highest BCUT2D eigenvalue weighted by atomic mass is 16.4. The molecule has 0 aromatic carbocycles. The van der Waals surface area contributed by atoms with Crippen LogP contribution < -0.4 is 5.32 Å². The van der Waals surface area contributed by atoms with Crippen LogP contribution in [0.5, 0.6) is 0 Å². The number of rotatable bonds is 5. The topological polar surface area (TPSA) is 66.4 Å². The predicted octanol–water partition coefficient (Wildman–Crippen LogP) is 2.82. The molecule has 1 aliphatic carbocycles. The summed E-state index contributed by atoms with van der Waals surface area (Å²) >= 11 is 0. The Morgan fingerprint density at radius 3 is 2.16 bits per heavy atom. The fourth-order valence-corrected chi connectivity index (χ4v) is 2.62. The van der Waals surface area contributed by atoms with Crippen LogP contribution in [0.3, 0.4) is 0 Å². The lowest BCUT2D eigenvalue weighted by atomic mass is 9.75. The number of amides is 1. The van der Waals surface area contributed by atoms with Crippen molar-refractivity contribution in [1.82, 2.24) is 5.32 Å². The van der Waals surface area contributed by atoms with Gasteiger partial charge in [0.25, 0.3) is 0 Å². The molecule has 110 valence electrons. The molecular weight excluding hydrogens is 242 g/mol. The van der Waals surface area contributed by atoms with E-state index in [1.165, 1.54) is 0 Å². The number of carbonyl (C=O) groups excluding carboxylic acids is 1. The molecule has 0 heterocycles. The van der Waals surface area contributed by atoms with Gasteiger partial charge >= 0.3 is 5.97 Å². The van der Waals surface area contributed by atoms with E-state index in [1.54, 1.807) is 0 Å². The highest BCUT2D eigenvalue weighted by Gasteiger charge is 2.43. The summed E-state index contributed by atoms with van der Waals surface area (Å²) in [6.07, 6.45) is 3.97. The second-order valence-electron chi connectivity index (χ2n) is 6.26. The monoisotopic (exact) mass is 269 g/mol. The van der Waals surface area contributed by atoms with Gasteiger partial charge in [-0.3, -0.25) is 4.79 Å². The minimum absolute atomic E-state index is 0.132. The number of carbonyl (C=O) groups is 2. The number of hydrogen-bond acceptors (Lipinski definition) is 2. The van der Waals surface area contributed by atoms with Crippen LogP contribution in [-0.2, 0) is 9.59 Å². The third-order valence-corrected chi connectivity index (χ3v) is 4.72. The molecule has 0 saturated heterocycles. The van der Waals surface area contributed by atoms with E-state index in [0.717, 1.165) is 19.3 Å². The summed E-state index contributed by atoms with van der Waals surface area (Å²) in [5, 5.41) is 12.3. The van der Waals surface area contributed by atoms with Gasteiger partial charge in [-0.1, -0.05) is 34.1 Å². The fraction of sp³-hybridized carbons (Fsp3) is 0.867. The summed E-state index contributed by atoms with van der Waals surface area (Å²) in [4.78, 5) is 23.7. The van der Waals surface area contributed by atoms with Gasteiger partial charge in [0, 0.05) is 5.92 Å². The van der Waals surface area contributed by atoms with Gasteiger partial charge in [0.2, 0.25) is 5.91 Å². The van der Waals surface area contributed by atoms with Crippen molar-refractivity contribution < 1.29 is 14.7 Å². The molecule has 0 spiro atoms. The van der Waals surface area contributed by atoms with Gasteiger partial charge in [0.1, 0.15) is 5.54 Å². The molecule has 4 nitrogen and oxygen atoms in total.